The second-order valence-electron chi connectivity index (χ2n) is 5.78. The summed E-state index contributed by atoms with van der Waals surface area (Å²) in [6.45, 7) is 4.15. The van der Waals surface area contributed by atoms with Crippen molar-refractivity contribution in [2.24, 2.45) is 0 Å². The largest absolute Gasteiger partial charge is 0.423 e. The number of aryl methyl sites for hydroxylation is 1. The summed E-state index contributed by atoms with van der Waals surface area (Å²) in [4.78, 5) is 18.1. The molecule has 11 heteroatoms. The average molecular weight is 387 g/mol. The molecule has 2 heterocycles. The Balaban J connectivity index is 1.76. The highest BCUT2D eigenvalue weighted by atomic mass is 32.1. The Morgan fingerprint density at radius 3 is 2.42 bits per heavy atom. The Kier molecular flexibility index (Phi) is 4.99. The number of benzene rings is 1. The molecule has 0 bridgehead atoms. The van der Waals surface area contributed by atoms with Gasteiger partial charge in [0.1, 0.15) is 11.4 Å². The fraction of sp³-hybridized carbons (Fsp3) is 0.467. The molecule has 1 saturated heterocycles. The molecule has 3 rings (SSSR count). The van der Waals surface area contributed by atoms with E-state index in [2.05, 4.69) is 9.36 Å². The van der Waals surface area contributed by atoms with Gasteiger partial charge in [-0.15, -0.1) is 0 Å². The highest BCUT2D eigenvalue weighted by molar-refractivity contribution is 7.09. The van der Waals surface area contributed by atoms with E-state index in [1.807, 2.05) is 11.8 Å². The first kappa shape index (κ1) is 18.4. The van der Waals surface area contributed by atoms with Crippen LogP contribution < -0.4 is 9.80 Å². The third-order valence-electron chi connectivity index (χ3n) is 4.17. The van der Waals surface area contributed by atoms with Crippen LogP contribution in [0.25, 0.3) is 0 Å². The van der Waals surface area contributed by atoms with Gasteiger partial charge in [0.25, 0.3) is 5.69 Å². The summed E-state index contributed by atoms with van der Waals surface area (Å²) < 4.78 is 43.6. The van der Waals surface area contributed by atoms with Crippen molar-refractivity contribution in [2.75, 3.05) is 36.0 Å². The maximum absolute atomic E-state index is 13.1. The van der Waals surface area contributed by atoms with Crippen molar-refractivity contribution in [1.82, 2.24) is 9.36 Å². The molecule has 0 N–H and O–H groups in total. The minimum Gasteiger partial charge on any atom is -0.368 e. The minimum atomic E-state index is -4.77. The van der Waals surface area contributed by atoms with Gasteiger partial charge in [0.15, 0.2) is 0 Å². The van der Waals surface area contributed by atoms with Gasteiger partial charge in [0.05, 0.1) is 4.92 Å². The second-order valence-corrected chi connectivity index (χ2v) is 6.51. The molecule has 1 aliphatic heterocycles. The van der Waals surface area contributed by atoms with Crippen LogP contribution in [0.15, 0.2) is 18.2 Å². The normalized spacial score (nSPS) is 15.4. The van der Waals surface area contributed by atoms with E-state index >= 15 is 0 Å². The summed E-state index contributed by atoms with van der Waals surface area (Å²) in [5.74, 6) is 0.776. The lowest BCUT2D eigenvalue weighted by molar-refractivity contribution is -0.388. The Morgan fingerprint density at radius 2 is 1.88 bits per heavy atom. The van der Waals surface area contributed by atoms with Crippen LogP contribution in [-0.4, -0.2) is 40.5 Å². The molecule has 0 unspecified atom stereocenters. The first-order valence-corrected chi connectivity index (χ1v) is 8.75. The smallest absolute Gasteiger partial charge is 0.368 e. The summed E-state index contributed by atoms with van der Waals surface area (Å²) in [5, 5.41) is 11.7. The standard InChI is InChI=1S/C15H16F3N5O2S/c1-2-13-19-14(26-20-13)22-7-5-21(6-8-22)10-3-4-12(23(24)25)11(9-10)15(16,17)18/h3-4,9H,2,5-8H2,1H3. The second kappa shape index (κ2) is 7.06. The Labute approximate surface area is 151 Å². The molecule has 7 nitrogen and oxygen atoms in total. The van der Waals surface area contributed by atoms with Gasteiger partial charge in [0.2, 0.25) is 5.13 Å². The fourth-order valence-electron chi connectivity index (χ4n) is 2.78. The van der Waals surface area contributed by atoms with Crippen molar-refractivity contribution in [1.29, 1.82) is 0 Å². The molecule has 1 aromatic carbocycles. The summed E-state index contributed by atoms with van der Waals surface area (Å²) in [5.41, 5.74) is -1.82. The Hall–Kier alpha value is -2.43. The highest BCUT2D eigenvalue weighted by Crippen LogP contribution is 2.38. The molecule has 26 heavy (non-hydrogen) atoms. The van der Waals surface area contributed by atoms with E-state index in [9.17, 15) is 23.3 Å². The molecule has 0 radical (unpaired) electrons. The first-order valence-electron chi connectivity index (χ1n) is 7.97. The van der Waals surface area contributed by atoms with E-state index in [0.29, 0.717) is 31.9 Å². The molecule has 0 aliphatic carbocycles. The maximum Gasteiger partial charge on any atom is 0.423 e. The highest BCUT2D eigenvalue weighted by Gasteiger charge is 2.39. The lowest BCUT2D eigenvalue weighted by Gasteiger charge is -2.36. The molecule has 1 aromatic heterocycles. The number of rotatable bonds is 4. The lowest BCUT2D eigenvalue weighted by Crippen LogP contribution is -2.46. The molecule has 0 saturated carbocycles. The van der Waals surface area contributed by atoms with E-state index in [1.54, 1.807) is 4.90 Å². The Bertz CT molecular complexity index is 803. The first-order chi connectivity index (χ1) is 12.3. The zero-order chi connectivity index (χ0) is 18.9. The number of anilines is 2. The zero-order valence-electron chi connectivity index (χ0n) is 13.9. The van der Waals surface area contributed by atoms with Crippen LogP contribution >= 0.6 is 11.5 Å². The van der Waals surface area contributed by atoms with Gasteiger partial charge in [-0.05, 0) is 12.1 Å². The molecule has 1 aliphatic rings. The fourth-order valence-corrected chi connectivity index (χ4v) is 3.58. The van der Waals surface area contributed by atoms with Crippen LogP contribution in [0.3, 0.4) is 0 Å². The summed E-state index contributed by atoms with van der Waals surface area (Å²) in [7, 11) is 0. The quantitative estimate of drug-likeness (QED) is 0.592. The van der Waals surface area contributed by atoms with Crippen molar-refractivity contribution in [2.45, 2.75) is 19.5 Å². The topological polar surface area (TPSA) is 75.4 Å². The van der Waals surface area contributed by atoms with E-state index in [1.165, 1.54) is 17.6 Å². The monoisotopic (exact) mass is 387 g/mol. The Morgan fingerprint density at radius 1 is 1.23 bits per heavy atom. The number of aromatic nitrogens is 2. The van der Waals surface area contributed by atoms with Crippen LogP contribution in [0.2, 0.25) is 0 Å². The van der Waals surface area contributed by atoms with Crippen LogP contribution in [0.1, 0.15) is 18.3 Å². The molecular formula is C15H16F3N5O2S. The number of nitro groups is 1. The summed E-state index contributed by atoms with van der Waals surface area (Å²) >= 11 is 1.31. The molecular weight excluding hydrogens is 371 g/mol. The minimum absolute atomic E-state index is 0.328. The van der Waals surface area contributed by atoms with Crippen molar-refractivity contribution in [3.63, 3.8) is 0 Å². The molecule has 140 valence electrons. The van der Waals surface area contributed by atoms with Crippen molar-refractivity contribution < 1.29 is 18.1 Å². The number of hydrogen-bond donors (Lipinski definition) is 0. The predicted octanol–water partition coefficient (Wildman–Crippen LogP) is 3.35. The van der Waals surface area contributed by atoms with Gasteiger partial charge in [-0.3, -0.25) is 10.1 Å². The molecule has 0 amide bonds. The number of halogens is 3. The average Bonchev–Trinajstić information content (AvgIpc) is 3.10. The summed E-state index contributed by atoms with van der Waals surface area (Å²) in [6, 6.07) is 3.14. The van der Waals surface area contributed by atoms with Gasteiger partial charge in [-0.2, -0.15) is 17.5 Å². The number of alkyl halides is 3. The molecule has 1 fully saturated rings. The van der Waals surface area contributed by atoms with E-state index in [4.69, 9.17) is 0 Å². The third-order valence-corrected chi connectivity index (χ3v) is 4.99. The van der Waals surface area contributed by atoms with E-state index in [-0.39, 0.29) is 0 Å². The van der Waals surface area contributed by atoms with Gasteiger partial charge in [0, 0.05) is 55.9 Å². The lowest BCUT2D eigenvalue weighted by atomic mass is 10.1. The van der Waals surface area contributed by atoms with Gasteiger partial charge in [-0.1, -0.05) is 6.92 Å². The number of piperazine rings is 1. The van der Waals surface area contributed by atoms with E-state index < -0.39 is 22.4 Å². The number of nitro benzene ring substituents is 1. The predicted molar refractivity (Wildman–Crippen MR) is 91.8 cm³/mol. The molecule has 0 atom stereocenters. The van der Waals surface area contributed by atoms with Crippen molar-refractivity contribution >= 4 is 28.0 Å². The number of hydrogen-bond acceptors (Lipinski definition) is 7. The van der Waals surface area contributed by atoms with E-state index in [0.717, 1.165) is 29.5 Å². The van der Waals surface area contributed by atoms with Crippen LogP contribution in [0.4, 0.5) is 29.7 Å². The van der Waals surface area contributed by atoms with Crippen molar-refractivity contribution in [3.05, 3.63) is 39.7 Å². The molecule has 2 aromatic rings. The van der Waals surface area contributed by atoms with Crippen LogP contribution in [0.5, 0.6) is 0 Å². The van der Waals surface area contributed by atoms with Crippen LogP contribution in [-0.2, 0) is 12.6 Å². The van der Waals surface area contributed by atoms with Gasteiger partial charge >= 0.3 is 6.18 Å². The maximum atomic E-state index is 13.1. The van der Waals surface area contributed by atoms with Gasteiger partial charge in [-0.25, -0.2) is 4.98 Å². The van der Waals surface area contributed by atoms with Crippen molar-refractivity contribution in [3.8, 4) is 0 Å². The van der Waals surface area contributed by atoms with Gasteiger partial charge < -0.3 is 9.80 Å². The zero-order valence-corrected chi connectivity index (χ0v) is 14.7. The number of nitrogens with zero attached hydrogens (tertiary/aromatic N) is 5. The van der Waals surface area contributed by atoms with Crippen LogP contribution in [0, 0.1) is 10.1 Å². The summed E-state index contributed by atoms with van der Waals surface area (Å²) in [6.07, 6.45) is -4.02. The SMILES string of the molecule is CCc1nsc(N2CCN(c3ccc([N+](=O)[O-])c(C(F)(F)F)c3)CC2)n1. The molecule has 0 spiro atoms. The third kappa shape index (κ3) is 3.71.